The number of rotatable bonds is 0. The molecule has 5 nitrogen and oxygen atoms in total. The quantitative estimate of drug-likeness (QED) is 0.569. The maximum Gasteiger partial charge on any atom is 0.254 e. The summed E-state index contributed by atoms with van der Waals surface area (Å²) >= 11 is 6.17. The summed E-state index contributed by atoms with van der Waals surface area (Å²) in [6.07, 6.45) is 6.05. The van der Waals surface area contributed by atoms with Gasteiger partial charge in [0, 0.05) is 41.7 Å². The highest BCUT2D eigenvalue weighted by Gasteiger charge is 2.17. The minimum absolute atomic E-state index is 0.118. The zero-order valence-electron chi connectivity index (χ0n) is 14.9. The molecule has 0 saturated carbocycles. The fourth-order valence-electron chi connectivity index (χ4n) is 3.16. The van der Waals surface area contributed by atoms with Gasteiger partial charge in [0.1, 0.15) is 11.5 Å². The molecule has 27 heavy (non-hydrogen) atoms. The van der Waals surface area contributed by atoms with Crippen LogP contribution in [0.15, 0.2) is 53.6 Å². The Hall–Kier alpha value is -2.79. The summed E-state index contributed by atoms with van der Waals surface area (Å²) in [6, 6.07) is 10.9. The van der Waals surface area contributed by atoms with Gasteiger partial charge in [-0.05, 0) is 55.2 Å². The lowest BCUT2D eigenvalue weighted by Crippen LogP contribution is -2.16. The molecule has 0 N–H and O–H groups in total. The normalized spacial score (nSPS) is 13.7. The molecule has 1 aliphatic heterocycles. The maximum absolute atomic E-state index is 12.1. The van der Waals surface area contributed by atoms with Crippen molar-refractivity contribution < 1.29 is 9.47 Å². The molecule has 0 amide bonds. The molecule has 138 valence electrons. The monoisotopic (exact) mass is 382 g/mol. The Balaban J connectivity index is 1.89. The number of aryl methyl sites for hydroxylation is 2. The summed E-state index contributed by atoms with van der Waals surface area (Å²) < 4.78 is 13.7. The van der Waals surface area contributed by atoms with Crippen LogP contribution in [0.5, 0.6) is 17.4 Å². The molecule has 3 heterocycles. The zero-order chi connectivity index (χ0) is 18.8. The standard InChI is InChI=1S/C21H19ClN2O3/c1-24-13-17-16-6-4-9-23-21(16)27-18-8-7-15(22)11-14(18)5-2-3-10-26-19(17)12-20(24)25/h4,6-9,11-13H,2-3,5,10H2,1H3. The van der Waals surface area contributed by atoms with Crippen LogP contribution in [0.4, 0.5) is 0 Å². The van der Waals surface area contributed by atoms with E-state index >= 15 is 0 Å². The first kappa shape index (κ1) is 17.6. The van der Waals surface area contributed by atoms with Gasteiger partial charge in [0.2, 0.25) is 5.88 Å². The van der Waals surface area contributed by atoms with Crippen molar-refractivity contribution in [1.82, 2.24) is 9.55 Å². The van der Waals surface area contributed by atoms with Crippen LogP contribution in [0.1, 0.15) is 18.4 Å². The third-order valence-electron chi connectivity index (χ3n) is 4.58. The molecule has 0 unspecified atom stereocenters. The number of halogens is 1. The average Bonchev–Trinajstić information content (AvgIpc) is 2.65. The summed E-state index contributed by atoms with van der Waals surface area (Å²) in [4.78, 5) is 16.5. The molecule has 6 heteroatoms. The second-order valence-electron chi connectivity index (χ2n) is 6.52. The van der Waals surface area contributed by atoms with Crippen molar-refractivity contribution in [3.05, 3.63) is 69.7 Å². The second kappa shape index (κ2) is 7.45. The van der Waals surface area contributed by atoms with E-state index in [0.717, 1.165) is 41.7 Å². The number of benzene rings is 1. The van der Waals surface area contributed by atoms with Gasteiger partial charge in [-0.1, -0.05) is 11.6 Å². The van der Waals surface area contributed by atoms with E-state index in [2.05, 4.69) is 4.98 Å². The molecule has 4 rings (SSSR count). The van der Waals surface area contributed by atoms with Crippen LogP contribution >= 0.6 is 11.6 Å². The van der Waals surface area contributed by atoms with Crippen molar-refractivity contribution in [3.63, 3.8) is 0 Å². The Bertz CT molecular complexity index is 1050. The van der Waals surface area contributed by atoms with Crippen LogP contribution in [0.2, 0.25) is 5.02 Å². The molecule has 1 aliphatic rings. The fraction of sp³-hybridized carbons (Fsp3) is 0.238. The SMILES string of the molecule is Cn1cc2c(cc1=O)OCCCCc1cc(Cl)ccc1Oc1ncccc1-2. The molecule has 0 saturated heterocycles. The van der Waals surface area contributed by atoms with Crippen molar-refractivity contribution in [2.24, 2.45) is 7.05 Å². The second-order valence-corrected chi connectivity index (χ2v) is 6.95. The summed E-state index contributed by atoms with van der Waals surface area (Å²) in [5.74, 6) is 1.75. The van der Waals surface area contributed by atoms with Crippen LogP contribution in [0, 0.1) is 0 Å². The zero-order valence-corrected chi connectivity index (χ0v) is 15.7. The Morgan fingerprint density at radius 1 is 1.11 bits per heavy atom. The number of hydrogen-bond donors (Lipinski definition) is 0. The first-order valence-electron chi connectivity index (χ1n) is 8.87. The Morgan fingerprint density at radius 2 is 2.00 bits per heavy atom. The molecule has 2 aromatic heterocycles. The molecule has 0 atom stereocenters. The minimum Gasteiger partial charge on any atom is -0.493 e. The lowest BCUT2D eigenvalue weighted by atomic mass is 10.1. The highest BCUT2D eigenvalue weighted by Crippen LogP contribution is 2.38. The minimum atomic E-state index is -0.118. The summed E-state index contributed by atoms with van der Waals surface area (Å²) in [5.41, 5.74) is 2.47. The van der Waals surface area contributed by atoms with Crippen molar-refractivity contribution in [3.8, 4) is 28.5 Å². The molecule has 0 radical (unpaired) electrons. The summed E-state index contributed by atoms with van der Waals surface area (Å²) in [5, 5.41) is 0.683. The van der Waals surface area contributed by atoms with Gasteiger partial charge in [-0.3, -0.25) is 4.79 Å². The van der Waals surface area contributed by atoms with Crippen LogP contribution in [0.25, 0.3) is 11.1 Å². The molecule has 0 bridgehead atoms. The molecule has 0 spiro atoms. The Morgan fingerprint density at radius 3 is 2.89 bits per heavy atom. The first-order chi connectivity index (χ1) is 13.1. The van der Waals surface area contributed by atoms with E-state index in [4.69, 9.17) is 21.1 Å². The predicted molar refractivity (Wildman–Crippen MR) is 105 cm³/mol. The van der Waals surface area contributed by atoms with Gasteiger partial charge < -0.3 is 14.0 Å². The van der Waals surface area contributed by atoms with Crippen LogP contribution < -0.4 is 15.0 Å². The molecule has 0 aliphatic carbocycles. The summed E-state index contributed by atoms with van der Waals surface area (Å²) in [7, 11) is 1.72. The number of fused-ring (bicyclic) bond motifs is 4. The molecule has 3 aromatic rings. The number of pyridine rings is 2. The van der Waals surface area contributed by atoms with Crippen LogP contribution in [-0.4, -0.2) is 16.2 Å². The van der Waals surface area contributed by atoms with E-state index in [9.17, 15) is 4.79 Å². The number of nitrogens with zero attached hydrogens (tertiary/aromatic N) is 2. The highest BCUT2D eigenvalue weighted by molar-refractivity contribution is 6.30. The average molecular weight is 383 g/mol. The van der Waals surface area contributed by atoms with Gasteiger partial charge in [0.25, 0.3) is 5.56 Å². The fourth-order valence-corrected chi connectivity index (χ4v) is 3.35. The van der Waals surface area contributed by atoms with E-state index in [1.54, 1.807) is 19.4 Å². The van der Waals surface area contributed by atoms with Crippen LogP contribution in [-0.2, 0) is 13.5 Å². The number of aromatic nitrogens is 2. The van der Waals surface area contributed by atoms with Crippen molar-refractivity contribution in [2.75, 3.05) is 6.61 Å². The van der Waals surface area contributed by atoms with Gasteiger partial charge in [0.15, 0.2) is 0 Å². The highest BCUT2D eigenvalue weighted by atomic mass is 35.5. The first-order valence-corrected chi connectivity index (χ1v) is 9.25. The molecule has 0 fully saturated rings. The Kier molecular flexibility index (Phi) is 4.86. The third kappa shape index (κ3) is 3.69. The topological polar surface area (TPSA) is 53.4 Å². The van der Waals surface area contributed by atoms with E-state index in [0.29, 0.717) is 23.3 Å². The van der Waals surface area contributed by atoms with Gasteiger partial charge in [-0.25, -0.2) is 4.98 Å². The smallest absolute Gasteiger partial charge is 0.254 e. The predicted octanol–water partition coefficient (Wildman–Crippen LogP) is 4.61. The van der Waals surface area contributed by atoms with Crippen LogP contribution in [0.3, 0.4) is 0 Å². The van der Waals surface area contributed by atoms with Crippen molar-refractivity contribution >= 4 is 11.6 Å². The van der Waals surface area contributed by atoms with Gasteiger partial charge >= 0.3 is 0 Å². The van der Waals surface area contributed by atoms with Crippen molar-refractivity contribution in [2.45, 2.75) is 19.3 Å². The van der Waals surface area contributed by atoms with Gasteiger partial charge in [0.05, 0.1) is 6.61 Å². The van der Waals surface area contributed by atoms with E-state index < -0.39 is 0 Å². The largest absolute Gasteiger partial charge is 0.493 e. The number of ether oxygens (including phenoxy) is 2. The van der Waals surface area contributed by atoms with Gasteiger partial charge in [-0.2, -0.15) is 0 Å². The van der Waals surface area contributed by atoms with Gasteiger partial charge in [-0.15, -0.1) is 0 Å². The Labute approximate surface area is 162 Å². The summed E-state index contributed by atoms with van der Waals surface area (Å²) in [6.45, 7) is 0.534. The third-order valence-corrected chi connectivity index (χ3v) is 4.81. The lowest BCUT2D eigenvalue weighted by molar-refractivity contribution is 0.306. The maximum atomic E-state index is 12.1. The van der Waals surface area contributed by atoms with Crippen molar-refractivity contribution in [1.29, 1.82) is 0 Å². The molecular weight excluding hydrogens is 364 g/mol. The van der Waals surface area contributed by atoms with E-state index in [-0.39, 0.29) is 5.56 Å². The molecular formula is C21H19ClN2O3. The van der Waals surface area contributed by atoms with E-state index in [1.165, 1.54) is 10.6 Å². The lowest BCUT2D eigenvalue weighted by Gasteiger charge is -2.18. The van der Waals surface area contributed by atoms with E-state index in [1.807, 2.05) is 30.3 Å². The molecule has 1 aromatic carbocycles. The number of hydrogen-bond acceptors (Lipinski definition) is 4.